The lowest BCUT2D eigenvalue weighted by Crippen LogP contribution is -2.45. The van der Waals surface area contributed by atoms with Crippen LogP contribution in [-0.4, -0.2) is 95.2 Å². The number of rotatable bonds is 36. The Hall–Kier alpha value is -2.94. The molecule has 0 spiro atoms. The average molecular weight is 826 g/mol. The van der Waals surface area contributed by atoms with Crippen LogP contribution >= 0.6 is 7.82 Å². The summed E-state index contributed by atoms with van der Waals surface area (Å²) in [5.41, 5.74) is 1.02. The van der Waals surface area contributed by atoms with Gasteiger partial charge in [0.15, 0.2) is 5.52 Å². The summed E-state index contributed by atoms with van der Waals surface area (Å²) in [6.07, 6.45) is 26.6. The van der Waals surface area contributed by atoms with Gasteiger partial charge in [-0.15, -0.1) is 0 Å². The lowest BCUT2D eigenvalue weighted by molar-refractivity contribution is -0.870. The van der Waals surface area contributed by atoms with E-state index in [1.807, 2.05) is 27.2 Å². The molecule has 3 atom stereocenters. The zero-order valence-corrected chi connectivity index (χ0v) is 36.2. The fourth-order valence-corrected chi connectivity index (χ4v) is 7.19. The molecule has 0 aliphatic rings. The summed E-state index contributed by atoms with van der Waals surface area (Å²) in [5.74, 6) is -0.218. The molecule has 16 heteroatoms. The highest BCUT2D eigenvalue weighted by Gasteiger charge is 2.28. The van der Waals surface area contributed by atoms with Gasteiger partial charge in [0.1, 0.15) is 13.2 Å². The SMILES string of the molecule is CCCCCCCCCCCCCCCC(=O)N[C@@H](COP(=O)(O)OCC[N+](C)(C)C)[C@H](O)/C=C/CCCCCCCCCNc1ccc([N+](=O)[O-])c2nonc12. The molecule has 0 fully saturated rings. The first-order valence-electron chi connectivity index (χ1n) is 21.5. The molecule has 1 amide bonds. The van der Waals surface area contributed by atoms with Crippen molar-refractivity contribution in [1.82, 2.24) is 15.6 Å². The van der Waals surface area contributed by atoms with Crippen molar-refractivity contribution >= 4 is 36.1 Å². The molecule has 0 radical (unpaired) electrons. The Morgan fingerprint density at radius 1 is 0.877 bits per heavy atom. The Balaban J connectivity index is 1.66. The van der Waals surface area contributed by atoms with Gasteiger partial charge in [-0.3, -0.25) is 24.0 Å². The number of hydrogen-bond donors (Lipinski definition) is 4. The number of nitro benzene ring substituents is 1. The zero-order valence-electron chi connectivity index (χ0n) is 35.3. The number of benzene rings is 1. The molecule has 1 heterocycles. The van der Waals surface area contributed by atoms with Crippen LogP contribution in [-0.2, 0) is 18.4 Å². The van der Waals surface area contributed by atoms with Crippen molar-refractivity contribution in [2.24, 2.45) is 0 Å². The summed E-state index contributed by atoms with van der Waals surface area (Å²) in [7, 11) is 1.46. The highest BCUT2D eigenvalue weighted by molar-refractivity contribution is 7.47. The van der Waals surface area contributed by atoms with E-state index in [1.54, 1.807) is 12.1 Å². The van der Waals surface area contributed by atoms with Crippen molar-refractivity contribution in [2.45, 2.75) is 160 Å². The molecule has 1 unspecified atom stereocenters. The number of unbranched alkanes of at least 4 members (excludes halogenated alkanes) is 19. The molecule has 2 aromatic rings. The molecule has 326 valence electrons. The molecule has 2 rings (SSSR count). The number of nitrogens with zero attached hydrogens (tertiary/aromatic N) is 4. The number of likely N-dealkylation sites (N-methyl/N-ethyl adjacent to an activating group) is 1. The Labute approximate surface area is 341 Å². The second kappa shape index (κ2) is 29.3. The minimum Gasteiger partial charge on any atom is -0.387 e. The summed E-state index contributed by atoms with van der Waals surface area (Å²) in [4.78, 5) is 33.8. The van der Waals surface area contributed by atoms with E-state index in [4.69, 9.17) is 13.7 Å². The highest BCUT2D eigenvalue weighted by Crippen LogP contribution is 2.43. The van der Waals surface area contributed by atoms with Crippen LogP contribution in [0.3, 0.4) is 0 Å². The number of phosphoric ester groups is 1. The third-order valence-electron chi connectivity index (χ3n) is 9.99. The number of anilines is 1. The van der Waals surface area contributed by atoms with E-state index in [0.717, 1.165) is 70.6 Å². The van der Waals surface area contributed by atoms with Crippen LogP contribution in [0.5, 0.6) is 0 Å². The number of phosphoric acid groups is 1. The van der Waals surface area contributed by atoms with Crippen LogP contribution in [0.2, 0.25) is 0 Å². The number of carbonyl (C=O) groups excluding carboxylic acids is 1. The van der Waals surface area contributed by atoms with E-state index in [1.165, 1.54) is 70.3 Å². The van der Waals surface area contributed by atoms with Gasteiger partial charge in [-0.2, -0.15) is 0 Å². The number of carbonyl (C=O) groups is 1. The van der Waals surface area contributed by atoms with E-state index in [0.29, 0.717) is 35.2 Å². The number of aliphatic hydroxyl groups is 1. The molecule has 1 aromatic carbocycles. The number of amides is 1. The van der Waals surface area contributed by atoms with Gasteiger partial charge in [0.25, 0.3) is 0 Å². The van der Waals surface area contributed by atoms with Gasteiger partial charge in [-0.05, 0) is 42.1 Å². The third kappa shape index (κ3) is 23.9. The van der Waals surface area contributed by atoms with Gasteiger partial charge < -0.3 is 25.1 Å². The first-order chi connectivity index (χ1) is 27.3. The van der Waals surface area contributed by atoms with Crippen LogP contribution in [0.1, 0.15) is 148 Å². The predicted octanol–water partition coefficient (Wildman–Crippen LogP) is 9.39. The van der Waals surface area contributed by atoms with Crippen molar-refractivity contribution in [1.29, 1.82) is 0 Å². The van der Waals surface area contributed by atoms with Crippen LogP contribution in [0.15, 0.2) is 28.9 Å². The van der Waals surface area contributed by atoms with Gasteiger partial charge in [0.05, 0.1) is 50.5 Å². The Morgan fingerprint density at radius 2 is 1.44 bits per heavy atom. The summed E-state index contributed by atoms with van der Waals surface area (Å²) < 4.78 is 28.2. The second-order valence-corrected chi connectivity index (χ2v) is 17.7. The molecule has 0 saturated carbocycles. The molecule has 4 N–H and O–H groups in total. The highest BCUT2D eigenvalue weighted by atomic mass is 31.2. The van der Waals surface area contributed by atoms with Gasteiger partial charge in [-0.25, -0.2) is 9.19 Å². The molecule has 0 saturated heterocycles. The minimum absolute atomic E-state index is 0.0307. The molecule has 15 nitrogen and oxygen atoms in total. The van der Waals surface area contributed by atoms with Gasteiger partial charge in [0.2, 0.25) is 11.4 Å². The molecule has 0 bridgehead atoms. The summed E-state index contributed by atoms with van der Waals surface area (Å²) in [6, 6.07) is 2.13. The number of quaternary nitrogens is 1. The van der Waals surface area contributed by atoms with Crippen LogP contribution < -0.4 is 10.6 Å². The van der Waals surface area contributed by atoms with E-state index >= 15 is 0 Å². The van der Waals surface area contributed by atoms with Gasteiger partial charge >= 0.3 is 13.5 Å². The van der Waals surface area contributed by atoms with Crippen LogP contribution in [0.25, 0.3) is 11.0 Å². The fraction of sp³-hybridized carbons (Fsp3) is 0.780. The first kappa shape index (κ1) is 50.2. The van der Waals surface area contributed by atoms with Crippen molar-refractivity contribution < 1.29 is 42.4 Å². The van der Waals surface area contributed by atoms with Crippen molar-refractivity contribution in [2.75, 3.05) is 52.8 Å². The fourth-order valence-electron chi connectivity index (χ4n) is 6.46. The van der Waals surface area contributed by atoms with Crippen molar-refractivity contribution in [3.05, 3.63) is 34.4 Å². The first-order valence-corrected chi connectivity index (χ1v) is 23.0. The zero-order chi connectivity index (χ0) is 41.8. The number of aromatic nitrogens is 2. The predicted molar refractivity (Wildman–Crippen MR) is 226 cm³/mol. The number of hydrogen-bond acceptors (Lipinski definition) is 11. The lowest BCUT2D eigenvalue weighted by Gasteiger charge is -2.25. The van der Waals surface area contributed by atoms with Crippen molar-refractivity contribution in [3.63, 3.8) is 0 Å². The molecule has 1 aromatic heterocycles. The lowest BCUT2D eigenvalue weighted by atomic mass is 10.0. The van der Waals surface area contributed by atoms with Crippen LogP contribution in [0.4, 0.5) is 11.4 Å². The summed E-state index contributed by atoms with van der Waals surface area (Å²) in [6.45, 7) is 3.13. The summed E-state index contributed by atoms with van der Waals surface area (Å²) in [5, 5.41) is 35.7. The van der Waals surface area contributed by atoms with Crippen molar-refractivity contribution in [3.8, 4) is 0 Å². The normalized spacial score (nSPS) is 14.2. The topological polar surface area (TPSA) is 199 Å². The maximum Gasteiger partial charge on any atom is 0.472 e. The quantitative estimate of drug-likeness (QED) is 0.0127. The number of aliphatic hydroxyl groups excluding tert-OH is 1. The molecular formula is C41H74N6O9P+. The van der Waals surface area contributed by atoms with E-state index < -0.39 is 24.9 Å². The maximum atomic E-state index is 12.9. The number of nitrogens with one attached hydrogen (secondary N) is 2. The molecule has 57 heavy (non-hydrogen) atoms. The number of nitro groups is 1. The Bertz CT molecular complexity index is 1470. The van der Waals surface area contributed by atoms with Gasteiger partial charge in [0, 0.05) is 19.0 Å². The minimum atomic E-state index is -4.38. The largest absolute Gasteiger partial charge is 0.472 e. The monoisotopic (exact) mass is 826 g/mol. The number of allylic oxidation sites excluding steroid dienone is 1. The molecule has 0 aliphatic heterocycles. The van der Waals surface area contributed by atoms with E-state index in [9.17, 15) is 29.5 Å². The van der Waals surface area contributed by atoms with Gasteiger partial charge in [-0.1, -0.05) is 128 Å². The standard InChI is InChI=1S/C41H73N6O9P/c1-5-6-7-8-9-10-11-12-13-16-19-22-25-28-39(49)43-36(34-55-57(52,53)54-33-32-47(2,3)4)38(48)27-24-21-18-15-14-17-20-23-26-31-42-35-29-30-37(46(50)51)41-40(35)44-56-45-41/h24,27,29-30,36,38,48H,5-23,25-26,28,31-34H2,1-4H3,(H2-,42,43,45,49,52,53)/p+1/b27-24+/t36-,38+/m0/s1. The van der Waals surface area contributed by atoms with E-state index in [-0.39, 0.29) is 30.3 Å². The third-order valence-corrected chi connectivity index (χ3v) is 11.0. The van der Waals surface area contributed by atoms with Crippen LogP contribution in [0, 0.1) is 10.1 Å². The smallest absolute Gasteiger partial charge is 0.387 e. The Kier molecular flexibility index (Phi) is 25.8. The van der Waals surface area contributed by atoms with E-state index in [2.05, 4.69) is 27.9 Å². The maximum absolute atomic E-state index is 12.9. The summed E-state index contributed by atoms with van der Waals surface area (Å²) >= 11 is 0. The molecular weight excluding hydrogens is 751 g/mol. The molecule has 0 aliphatic carbocycles. The number of fused-ring (bicyclic) bond motifs is 1. The average Bonchev–Trinajstić information content (AvgIpc) is 3.65. The Morgan fingerprint density at radius 3 is 2.04 bits per heavy atom. The second-order valence-electron chi connectivity index (χ2n) is 16.2. The number of non-ortho nitro benzene ring substituents is 1.